The van der Waals surface area contributed by atoms with Crippen LogP contribution in [-0.2, 0) is 0 Å². The van der Waals surface area contributed by atoms with Gasteiger partial charge >= 0.3 is 0 Å². The molecule has 1 unspecified atom stereocenters. The van der Waals surface area contributed by atoms with Crippen LogP contribution in [0.25, 0.3) is 0 Å². The van der Waals surface area contributed by atoms with Crippen LogP contribution in [0.1, 0.15) is 19.8 Å². The highest BCUT2D eigenvalue weighted by Gasteiger charge is 2.24. The summed E-state index contributed by atoms with van der Waals surface area (Å²) in [7, 11) is 1.69. The SMILES string of the molecule is COc1cccnc1N1CCC(C(C)Cl)CC1. The van der Waals surface area contributed by atoms with Gasteiger partial charge in [0.1, 0.15) is 0 Å². The molecule has 0 aromatic carbocycles. The quantitative estimate of drug-likeness (QED) is 0.776. The molecule has 0 bridgehead atoms. The number of piperidine rings is 1. The van der Waals surface area contributed by atoms with Crippen molar-refractivity contribution >= 4 is 17.4 Å². The number of alkyl halides is 1. The first-order chi connectivity index (χ1) is 8.22. The van der Waals surface area contributed by atoms with Gasteiger partial charge in [-0.15, -0.1) is 11.6 Å². The molecule has 0 saturated carbocycles. The van der Waals surface area contributed by atoms with Gasteiger partial charge in [-0.3, -0.25) is 0 Å². The largest absolute Gasteiger partial charge is 0.493 e. The highest BCUT2D eigenvalue weighted by atomic mass is 35.5. The number of rotatable bonds is 3. The summed E-state index contributed by atoms with van der Waals surface area (Å²) in [4.78, 5) is 6.70. The molecule has 1 aromatic rings. The molecule has 1 atom stereocenters. The van der Waals surface area contributed by atoms with Crippen LogP contribution in [0.4, 0.5) is 5.82 Å². The summed E-state index contributed by atoms with van der Waals surface area (Å²) in [6, 6.07) is 3.86. The van der Waals surface area contributed by atoms with E-state index in [-0.39, 0.29) is 5.38 Å². The fourth-order valence-electron chi connectivity index (χ4n) is 2.35. The molecule has 1 aliphatic heterocycles. The smallest absolute Gasteiger partial charge is 0.171 e. The lowest BCUT2D eigenvalue weighted by Crippen LogP contribution is -2.36. The summed E-state index contributed by atoms with van der Waals surface area (Å²) in [5.74, 6) is 2.43. The van der Waals surface area contributed by atoms with Gasteiger partial charge in [0.05, 0.1) is 7.11 Å². The van der Waals surface area contributed by atoms with E-state index in [0.717, 1.165) is 37.5 Å². The van der Waals surface area contributed by atoms with E-state index in [0.29, 0.717) is 5.92 Å². The van der Waals surface area contributed by atoms with Crippen LogP contribution >= 0.6 is 11.6 Å². The molecular weight excluding hydrogens is 236 g/mol. The maximum absolute atomic E-state index is 6.15. The average molecular weight is 255 g/mol. The second kappa shape index (κ2) is 5.58. The minimum absolute atomic E-state index is 0.266. The number of nitrogens with zero attached hydrogens (tertiary/aromatic N) is 2. The Labute approximate surface area is 108 Å². The molecule has 1 aliphatic rings. The maximum atomic E-state index is 6.15. The molecule has 17 heavy (non-hydrogen) atoms. The predicted molar refractivity (Wildman–Crippen MR) is 71.0 cm³/mol. The van der Waals surface area contributed by atoms with Gasteiger partial charge in [0.25, 0.3) is 0 Å². The molecule has 3 nitrogen and oxygen atoms in total. The lowest BCUT2D eigenvalue weighted by atomic mass is 9.94. The van der Waals surface area contributed by atoms with Crippen molar-refractivity contribution in [3.05, 3.63) is 18.3 Å². The first-order valence-corrected chi connectivity index (χ1v) is 6.54. The second-order valence-electron chi connectivity index (χ2n) is 4.53. The molecule has 4 heteroatoms. The zero-order valence-corrected chi connectivity index (χ0v) is 11.2. The Morgan fingerprint density at radius 3 is 2.76 bits per heavy atom. The zero-order valence-electron chi connectivity index (χ0n) is 10.4. The number of hydrogen-bond acceptors (Lipinski definition) is 3. The van der Waals surface area contributed by atoms with Gasteiger partial charge in [-0.05, 0) is 37.8 Å². The van der Waals surface area contributed by atoms with Crippen LogP contribution < -0.4 is 9.64 Å². The van der Waals surface area contributed by atoms with Crippen LogP contribution in [0.15, 0.2) is 18.3 Å². The van der Waals surface area contributed by atoms with Gasteiger partial charge in [0, 0.05) is 24.7 Å². The van der Waals surface area contributed by atoms with E-state index < -0.39 is 0 Å². The Morgan fingerprint density at radius 2 is 2.18 bits per heavy atom. The molecule has 94 valence electrons. The van der Waals surface area contributed by atoms with Crippen molar-refractivity contribution in [2.24, 2.45) is 5.92 Å². The minimum Gasteiger partial charge on any atom is -0.493 e. The van der Waals surface area contributed by atoms with E-state index in [1.807, 2.05) is 18.3 Å². The number of anilines is 1. The molecule has 1 saturated heterocycles. The van der Waals surface area contributed by atoms with Crippen molar-refractivity contribution in [3.63, 3.8) is 0 Å². The standard InChI is InChI=1S/C13H19ClN2O/c1-10(14)11-5-8-16(9-6-11)13-12(17-2)4-3-7-15-13/h3-4,7,10-11H,5-6,8-9H2,1-2H3. The number of hydrogen-bond donors (Lipinski definition) is 0. The molecule has 2 heterocycles. The Morgan fingerprint density at radius 1 is 1.47 bits per heavy atom. The van der Waals surface area contributed by atoms with E-state index in [4.69, 9.17) is 16.3 Å². The van der Waals surface area contributed by atoms with E-state index in [2.05, 4.69) is 16.8 Å². The fraction of sp³-hybridized carbons (Fsp3) is 0.615. The number of ether oxygens (including phenoxy) is 1. The van der Waals surface area contributed by atoms with Crippen LogP contribution in [-0.4, -0.2) is 30.6 Å². The predicted octanol–water partition coefficient (Wildman–Crippen LogP) is 2.93. The lowest BCUT2D eigenvalue weighted by molar-refractivity contribution is 0.385. The normalized spacial score (nSPS) is 19.1. The fourth-order valence-corrected chi connectivity index (χ4v) is 2.60. The lowest BCUT2D eigenvalue weighted by Gasteiger charge is -2.34. The van der Waals surface area contributed by atoms with Gasteiger partial charge in [-0.25, -0.2) is 4.98 Å². The number of pyridine rings is 1. The minimum atomic E-state index is 0.266. The summed E-state index contributed by atoms with van der Waals surface area (Å²) in [5, 5.41) is 0.266. The Balaban J connectivity index is 2.05. The molecule has 0 amide bonds. The third-order valence-electron chi connectivity index (χ3n) is 3.46. The van der Waals surface area contributed by atoms with Crippen LogP contribution in [0.2, 0.25) is 0 Å². The first kappa shape index (κ1) is 12.5. The Bertz CT molecular complexity index is 362. The van der Waals surface area contributed by atoms with Crippen molar-refractivity contribution in [3.8, 4) is 5.75 Å². The number of methoxy groups -OCH3 is 1. The van der Waals surface area contributed by atoms with Crippen LogP contribution in [0.5, 0.6) is 5.75 Å². The van der Waals surface area contributed by atoms with Crippen LogP contribution in [0, 0.1) is 5.92 Å². The van der Waals surface area contributed by atoms with Gasteiger partial charge in [-0.2, -0.15) is 0 Å². The molecule has 1 aromatic heterocycles. The first-order valence-electron chi connectivity index (χ1n) is 6.10. The van der Waals surface area contributed by atoms with E-state index in [1.54, 1.807) is 7.11 Å². The van der Waals surface area contributed by atoms with Crippen molar-refractivity contribution in [1.82, 2.24) is 4.98 Å². The third-order valence-corrected chi connectivity index (χ3v) is 3.82. The van der Waals surface area contributed by atoms with E-state index in [9.17, 15) is 0 Å². The maximum Gasteiger partial charge on any atom is 0.171 e. The Kier molecular flexibility index (Phi) is 4.11. The zero-order chi connectivity index (χ0) is 12.3. The highest BCUT2D eigenvalue weighted by Crippen LogP contribution is 2.30. The molecule has 0 aliphatic carbocycles. The van der Waals surface area contributed by atoms with Gasteiger partial charge in [0.2, 0.25) is 0 Å². The molecule has 0 N–H and O–H groups in total. The summed E-state index contributed by atoms with van der Waals surface area (Å²) in [5.41, 5.74) is 0. The van der Waals surface area contributed by atoms with Crippen molar-refractivity contribution in [1.29, 1.82) is 0 Å². The molecule has 0 spiro atoms. The highest BCUT2D eigenvalue weighted by molar-refractivity contribution is 6.20. The van der Waals surface area contributed by atoms with Crippen LogP contribution in [0.3, 0.4) is 0 Å². The van der Waals surface area contributed by atoms with Crippen molar-refractivity contribution < 1.29 is 4.74 Å². The van der Waals surface area contributed by atoms with Crippen molar-refractivity contribution in [2.75, 3.05) is 25.1 Å². The molecule has 2 rings (SSSR count). The topological polar surface area (TPSA) is 25.4 Å². The van der Waals surface area contributed by atoms with Gasteiger partial charge < -0.3 is 9.64 Å². The summed E-state index contributed by atoms with van der Waals surface area (Å²) in [6.45, 7) is 4.10. The molecule has 1 fully saturated rings. The molecular formula is C13H19ClN2O. The Hall–Kier alpha value is -0.960. The summed E-state index contributed by atoms with van der Waals surface area (Å²) >= 11 is 6.15. The van der Waals surface area contributed by atoms with Crippen molar-refractivity contribution in [2.45, 2.75) is 25.1 Å². The van der Waals surface area contributed by atoms with Gasteiger partial charge in [0.15, 0.2) is 11.6 Å². The number of aromatic nitrogens is 1. The average Bonchev–Trinajstić information content (AvgIpc) is 2.39. The third kappa shape index (κ3) is 2.83. The second-order valence-corrected chi connectivity index (χ2v) is 5.22. The van der Waals surface area contributed by atoms with Gasteiger partial charge in [-0.1, -0.05) is 0 Å². The monoisotopic (exact) mass is 254 g/mol. The number of halogens is 1. The van der Waals surface area contributed by atoms with E-state index in [1.165, 1.54) is 0 Å². The van der Waals surface area contributed by atoms with E-state index >= 15 is 0 Å². The molecule has 0 radical (unpaired) electrons. The summed E-state index contributed by atoms with van der Waals surface area (Å²) in [6.07, 6.45) is 4.07. The summed E-state index contributed by atoms with van der Waals surface area (Å²) < 4.78 is 5.34.